The van der Waals surface area contributed by atoms with Crippen molar-refractivity contribution in [1.82, 2.24) is 0 Å². The first-order chi connectivity index (χ1) is 19.0. The van der Waals surface area contributed by atoms with E-state index in [9.17, 15) is 0 Å². The monoisotopic (exact) mass is 534 g/mol. The van der Waals surface area contributed by atoms with Gasteiger partial charge in [-0.3, -0.25) is 0 Å². The lowest BCUT2D eigenvalue weighted by molar-refractivity contribution is 0.792. The minimum Gasteiger partial charge on any atom is -0.0790 e. The first-order valence-corrected chi connectivity index (χ1v) is 17.8. The standard InChI is InChI=1S/C38H50Si/c1-6-9-12-31-15-22-35(23-16-31)39(38-28-21-34(29-38)30(4)5,36-24-17-32(18-25-36)13-10-7-2)37-26-19-33(20-27-37)14-11-8-3/h15-30,38H,6-14H2,1-5H3. The second kappa shape index (κ2) is 14.1. The molecule has 1 aliphatic carbocycles. The molecule has 3 aromatic carbocycles. The maximum Gasteiger partial charge on any atom is 0.158 e. The third kappa shape index (κ3) is 6.75. The van der Waals surface area contributed by atoms with E-state index in [1.807, 2.05) is 0 Å². The first kappa shape index (κ1) is 29.3. The molecule has 1 heteroatoms. The molecule has 39 heavy (non-hydrogen) atoms. The number of allylic oxidation sites excluding steroid dienone is 4. The molecule has 0 spiro atoms. The highest BCUT2D eigenvalue weighted by Crippen LogP contribution is 2.34. The molecule has 0 radical (unpaired) electrons. The Kier molecular flexibility index (Phi) is 10.6. The van der Waals surface area contributed by atoms with Crippen molar-refractivity contribution in [1.29, 1.82) is 0 Å². The van der Waals surface area contributed by atoms with E-state index in [1.54, 1.807) is 0 Å². The van der Waals surface area contributed by atoms with Gasteiger partial charge in [0.25, 0.3) is 0 Å². The van der Waals surface area contributed by atoms with Crippen molar-refractivity contribution < 1.29 is 0 Å². The van der Waals surface area contributed by atoms with E-state index in [4.69, 9.17) is 0 Å². The Hall–Kier alpha value is -2.64. The molecule has 3 aromatic rings. The van der Waals surface area contributed by atoms with Crippen molar-refractivity contribution in [2.75, 3.05) is 0 Å². The maximum absolute atomic E-state index is 2.61. The zero-order valence-corrected chi connectivity index (χ0v) is 26.2. The van der Waals surface area contributed by atoms with Gasteiger partial charge in [0.15, 0.2) is 8.07 Å². The lowest BCUT2D eigenvalue weighted by Gasteiger charge is -2.38. The molecule has 0 aromatic heterocycles. The predicted molar refractivity (Wildman–Crippen MR) is 176 cm³/mol. The Morgan fingerprint density at radius 1 is 0.564 bits per heavy atom. The third-order valence-corrected chi connectivity index (χ3v) is 13.8. The first-order valence-electron chi connectivity index (χ1n) is 15.7. The van der Waals surface area contributed by atoms with Gasteiger partial charge in [-0.15, -0.1) is 0 Å². The molecule has 0 nitrogen and oxygen atoms in total. The summed E-state index contributed by atoms with van der Waals surface area (Å²) in [5, 5.41) is 4.59. The molecule has 1 aliphatic rings. The Balaban J connectivity index is 1.90. The van der Waals surface area contributed by atoms with Gasteiger partial charge < -0.3 is 0 Å². The lowest BCUT2D eigenvalue weighted by atomic mass is 10.1. The molecular formula is C38H50Si. The van der Waals surface area contributed by atoms with Crippen LogP contribution in [0.4, 0.5) is 0 Å². The fourth-order valence-electron chi connectivity index (χ4n) is 6.21. The molecular weight excluding hydrogens is 485 g/mol. The van der Waals surface area contributed by atoms with Crippen molar-refractivity contribution in [2.24, 2.45) is 5.92 Å². The summed E-state index contributed by atoms with van der Waals surface area (Å²) >= 11 is 0. The van der Waals surface area contributed by atoms with E-state index >= 15 is 0 Å². The van der Waals surface area contributed by atoms with Crippen LogP contribution in [-0.2, 0) is 19.3 Å². The summed E-state index contributed by atoms with van der Waals surface area (Å²) in [6.07, 6.45) is 18.6. The molecule has 206 valence electrons. The number of hydrogen-bond donors (Lipinski definition) is 0. The molecule has 0 heterocycles. The average Bonchev–Trinajstić information content (AvgIpc) is 3.47. The quantitative estimate of drug-likeness (QED) is 0.143. The second-order valence-electron chi connectivity index (χ2n) is 11.9. The topological polar surface area (TPSA) is 0 Å². The molecule has 0 fully saturated rings. The number of benzene rings is 3. The minimum absolute atomic E-state index is 0.402. The van der Waals surface area contributed by atoms with Gasteiger partial charge in [0.2, 0.25) is 0 Å². The molecule has 0 amide bonds. The largest absolute Gasteiger partial charge is 0.158 e. The maximum atomic E-state index is 2.61. The van der Waals surface area contributed by atoms with E-state index in [0.29, 0.717) is 11.5 Å². The van der Waals surface area contributed by atoms with Crippen LogP contribution < -0.4 is 15.6 Å². The van der Waals surface area contributed by atoms with Crippen molar-refractivity contribution in [3.63, 3.8) is 0 Å². The van der Waals surface area contributed by atoms with Crippen molar-refractivity contribution in [2.45, 2.75) is 97.9 Å². The van der Waals surface area contributed by atoms with Gasteiger partial charge in [0.1, 0.15) is 0 Å². The van der Waals surface area contributed by atoms with E-state index in [2.05, 4.69) is 126 Å². The van der Waals surface area contributed by atoms with Gasteiger partial charge in [-0.1, -0.05) is 145 Å². The molecule has 0 N–H and O–H groups in total. The van der Waals surface area contributed by atoms with Gasteiger partial charge >= 0.3 is 0 Å². The number of rotatable bonds is 14. The molecule has 1 unspecified atom stereocenters. The van der Waals surface area contributed by atoms with Gasteiger partial charge in [0, 0.05) is 5.54 Å². The molecule has 0 saturated carbocycles. The average molecular weight is 535 g/mol. The van der Waals surface area contributed by atoms with Crippen LogP contribution in [0.25, 0.3) is 0 Å². The smallest absolute Gasteiger partial charge is 0.0790 e. The van der Waals surface area contributed by atoms with Crippen LogP contribution in [0.3, 0.4) is 0 Å². The van der Waals surface area contributed by atoms with E-state index in [0.717, 1.165) is 0 Å². The van der Waals surface area contributed by atoms with Crippen molar-refractivity contribution in [3.05, 3.63) is 113 Å². The van der Waals surface area contributed by atoms with Gasteiger partial charge in [-0.2, -0.15) is 0 Å². The molecule has 0 saturated heterocycles. The summed E-state index contributed by atoms with van der Waals surface area (Å²) in [6, 6.07) is 29.5. The van der Waals surface area contributed by atoms with Crippen molar-refractivity contribution in [3.8, 4) is 0 Å². The fraction of sp³-hybridized carbons (Fsp3) is 0.421. The van der Waals surface area contributed by atoms with Crippen LogP contribution in [0.5, 0.6) is 0 Å². The Labute approximate surface area is 240 Å². The van der Waals surface area contributed by atoms with E-state index in [1.165, 1.54) is 95.6 Å². The highest BCUT2D eigenvalue weighted by atomic mass is 28.3. The molecule has 0 aliphatic heterocycles. The van der Waals surface area contributed by atoms with Crippen LogP contribution in [0, 0.1) is 5.92 Å². The summed E-state index contributed by atoms with van der Waals surface area (Å²) in [5.41, 5.74) is 6.28. The van der Waals surface area contributed by atoms with Gasteiger partial charge in [-0.05, 0) is 82.3 Å². The normalized spacial score (nSPS) is 15.2. The summed E-state index contributed by atoms with van der Waals surface area (Å²) < 4.78 is 0. The molecule has 4 rings (SSSR count). The third-order valence-electron chi connectivity index (χ3n) is 8.72. The highest BCUT2D eigenvalue weighted by Gasteiger charge is 2.45. The summed E-state index contributed by atoms with van der Waals surface area (Å²) in [4.78, 5) is 0. The number of aryl methyl sites for hydroxylation is 3. The van der Waals surface area contributed by atoms with Crippen LogP contribution in [-0.4, -0.2) is 8.07 Å². The second-order valence-corrected chi connectivity index (χ2v) is 15.9. The van der Waals surface area contributed by atoms with Crippen LogP contribution in [0.2, 0.25) is 5.54 Å². The Morgan fingerprint density at radius 2 is 0.923 bits per heavy atom. The Bertz CT molecular complexity index is 1080. The summed E-state index contributed by atoms with van der Waals surface area (Å²) in [5.74, 6) is 0.544. The molecule has 0 bridgehead atoms. The summed E-state index contributed by atoms with van der Waals surface area (Å²) in [7, 11) is -2.40. The number of unbranched alkanes of at least 4 members (excludes halogenated alkanes) is 3. The molecule has 1 atom stereocenters. The van der Waals surface area contributed by atoms with E-state index in [-0.39, 0.29) is 0 Å². The minimum atomic E-state index is -2.40. The number of hydrogen-bond acceptors (Lipinski definition) is 0. The zero-order valence-electron chi connectivity index (χ0n) is 25.2. The van der Waals surface area contributed by atoms with Crippen LogP contribution in [0.15, 0.2) is 96.6 Å². The van der Waals surface area contributed by atoms with Gasteiger partial charge in [-0.25, -0.2) is 0 Å². The zero-order chi connectivity index (χ0) is 27.7. The van der Waals surface area contributed by atoms with Crippen LogP contribution in [0.1, 0.15) is 89.8 Å². The Morgan fingerprint density at radius 3 is 1.21 bits per heavy atom. The predicted octanol–water partition coefficient (Wildman–Crippen LogP) is 8.71. The lowest BCUT2D eigenvalue weighted by Crippen LogP contribution is -2.69. The summed E-state index contributed by atoms with van der Waals surface area (Å²) in [6.45, 7) is 11.5. The van der Waals surface area contributed by atoms with Crippen LogP contribution >= 0.6 is 0 Å². The van der Waals surface area contributed by atoms with Gasteiger partial charge in [0.05, 0.1) is 0 Å². The highest BCUT2D eigenvalue weighted by molar-refractivity contribution is 7.13. The SMILES string of the molecule is CCCCc1ccc([Si](c2ccc(CCCC)cc2)(c2ccc(CCCC)cc2)C2C=CC(C(C)C)=C2)cc1. The van der Waals surface area contributed by atoms with E-state index < -0.39 is 8.07 Å². The van der Waals surface area contributed by atoms with Crippen molar-refractivity contribution >= 4 is 23.6 Å². The fourth-order valence-corrected chi connectivity index (χ4v) is 11.3.